The smallest absolute Gasteiger partial charge is 0.397 e. The lowest BCUT2D eigenvalue weighted by atomic mass is 9.82. The maximum absolute atomic E-state index is 11.9. The van der Waals surface area contributed by atoms with E-state index >= 15 is 0 Å². The molecule has 0 unspecified atom stereocenters. The number of hydrogen-bond donors (Lipinski definition) is 3. The summed E-state index contributed by atoms with van der Waals surface area (Å²) in [7, 11) is 0. The number of hydrazine groups is 1. The molecule has 0 aliphatic heterocycles. The van der Waals surface area contributed by atoms with Crippen LogP contribution in [0.2, 0.25) is 0 Å². The Morgan fingerprint density at radius 1 is 1.00 bits per heavy atom. The third-order valence-electron chi connectivity index (χ3n) is 3.13. The van der Waals surface area contributed by atoms with Crippen molar-refractivity contribution in [1.82, 2.24) is 10.9 Å². The molecule has 1 saturated carbocycles. The Kier molecular flexibility index (Phi) is 5.34. The molecule has 1 fully saturated rings. The minimum Gasteiger partial charge on any atom is -0.481 e. The number of hydrogen-bond acceptors (Lipinski definition) is 3. The van der Waals surface area contributed by atoms with Crippen molar-refractivity contribution in [2.75, 3.05) is 0 Å². The van der Waals surface area contributed by atoms with Gasteiger partial charge in [0.15, 0.2) is 0 Å². The van der Waals surface area contributed by atoms with Crippen molar-refractivity contribution in [3.8, 4) is 0 Å². The van der Waals surface area contributed by atoms with Gasteiger partial charge in [0, 0.05) is 5.92 Å². The second kappa shape index (κ2) is 6.58. The van der Waals surface area contributed by atoms with Crippen molar-refractivity contribution < 1.29 is 32.7 Å². The average Bonchev–Trinajstić information content (AvgIpc) is 2.34. The van der Waals surface area contributed by atoms with Crippen LogP contribution in [0.3, 0.4) is 0 Å². The van der Waals surface area contributed by atoms with E-state index in [1.165, 1.54) is 0 Å². The first-order valence-electron chi connectivity index (χ1n) is 6.07. The van der Waals surface area contributed by atoms with Gasteiger partial charge in [-0.05, 0) is 25.7 Å². The van der Waals surface area contributed by atoms with Crippen molar-refractivity contribution >= 4 is 17.8 Å². The van der Waals surface area contributed by atoms with Crippen LogP contribution in [-0.2, 0) is 14.4 Å². The van der Waals surface area contributed by atoms with Crippen LogP contribution < -0.4 is 10.9 Å². The summed E-state index contributed by atoms with van der Waals surface area (Å²) in [6.07, 6.45) is -4.96. The number of carboxylic acid groups (broad SMARTS) is 1. The van der Waals surface area contributed by atoms with E-state index in [2.05, 4.69) is 0 Å². The Bertz CT molecular complexity index is 390. The van der Waals surface area contributed by atoms with Crippen LogP contribution in [0.4, 0.5) is 13.2 Å². The predicted molar refractivity (Wildman–Crippen MR) is 60.0 cm³/mol. The van der Waals surface area contributed by atoms with Gasteiger partial charge in [0.2, 0.25) is 11.8 Å². The fourth-order valence-corrected chi connectivity index (χ4v) is 2.06. The van der Waals surface area contributed by atoms with Crippen LogP contribution in [-0.4, -0.2) is 29.1 Å². The van der Waals surface area contributed by atoms with Gasteiger partial charge < -0.3 is 5.11 Å². The molecule has 0 bridgehead atoms. The molecule has 2 amide bonds. The predicted octanol–water partition coefficient (Wildman–Crippen LogP) is 0.977. The Morgan fingerprint density at radius 2 is 1.50 bits per heavy atom. The third-order valence-corrected chi connectivity index (χ3v) is 3.13. The minimum absolute atomic E-state index is 0.331. The zero-order valence-corrected chi connectivity index (χ0v) is 10.5. The minimum atomic E-state index is -4.63. The Balaban J connectivity index is 2.31. The zero-order valence-electron chi connectivity index (χ0n) is 10.5. The molecule has 1 aliphatic rings. The Hall–Kier alpha value is -1.80. The molecule has 0 aromatic carbocycles. The standard InChI is InChI=1S/C11H15F3N2O4/c12-11(13,14)5-8(17)15-16-9(18)6-1-3-7(4-2-6)10(19)20/h6-7H,1-5H2,(H,15,17)(H,16,18)(H,19,20). The van der Waals surface area contributed by atoms with E-state index in [0.29, 0.717) is 25.7 Å². The van der Waals surface area contributed by atoms with Crippen molar-refractivity contribution in [1.29, 1.82) is 0 Å². The van der Waals surface area contributed by atoms with E-state index in [0.717, 1.165) is 0 Å². The second-order valence-electron chi connectivity index (χ2n) is 4.72. The Labute approximate surface area is 112 Å². The molecule has 0 spiro atoms. The molecular formula is C11H15F3N2O4. The van der Waals surface area contributed by atoms with E-state index < -0.39 is 42.2 Å². The molecule has 0 radical (unpaired) electrons. The molecule has 0 aromatic rings. The molecule has 3 N–H and O–H groups in total. The highest BCUT2D eigenvalue weighted by Gasteiger charge is 2.32. The lowest BCUT2D eigenvalue weighted by molar-refractivity contribution is -0.155. The normalized spacial score (nSPS) is 22.9. The number of halogens is 3. The van der Waals surface area contributed by atoms with E-state index in [9.17, 15) is 27.6 Å². The average molecular weight is 296 g/mol. The number of carbonyl (C=O) groups excluding carboxylic acids is 2. The maximum atomic E-state index is 11.9. The van der Waals surface area contributed by atoms with Crippen LogP contribution in [0, 0.1) is 11.8 Å². The monoisotopic (exact) mass is 296 g/mol. The highest BCUT2D eigenvalue weighted by molar-refractivity contribution is 5.83. The second-order valence-corrected chi connectivity index (χ2v) is 4.72. The first-order chi connectivity index (χ1) is 9.19. The number of rotatable bonds is 3. The molecule has 0 aromatic heterocycles. The Morgan fingerprint density at radius 3 is 1.95 bits per heavy atom. The third kappa shape index (κ3) is 5.45. The summed E-state index contributed by atoms with van der Waals surface area (Å²) in [5.41, 5.74) is 3.63. The molecule has 1 aliphatic carbocycles. The van der Waals surface area contributed by atoms with Gasteiger partial charge in [-0.15, -0.1) is 0 Å². The molecule has 20 heavy (non-hydrogen) atoms. The topological polar surface area (TPSA) is 95.5 Å². The van der Waals surface area contributed by atoms with Gasteiger partial charge in [0.05, 0.1) is 5.92 Å². The number of carboxylic acids is 1. The van der Waals surface area contributed by atoms with Gasteiger partial charge in [0.1, 0.15) is 6.42 Å². The van der Waals surface area contributed by atoms with Crippen molar-refractivity contribution in [3.05, 3.63) is 0 Å². The fraction of sp³-hybridized carbons (Fsp3) is 0.727. The van der Waals surface area contributed by atoms with E-state index in [1.807, 2.05) is 5.43 Å². The number of amides is 2. The zero-order chi connectivity index (χ0) is 15.3. The maximum Gasteiger partial charge on any atom is 0.397 e. The first kappa shape index (κ1) is 16.3. The summed E-state index contributed by atoms with van der Waals surface area (Å²) in [6, 6.07) is 0. The van der Waals surface area contributed by atoms with Crippen LogP contribution in [0.25, 0.3) is 0 Å². The highest BCUT2D eigenvalue weighted by atomic mass is 19.4. The molecule has 9 heteroatoms. The highest BCUT2D eigenvalue weighted by Crippen LogP contribution is 2.28. The van der Waals surface area contributed by atoms with Gasteiger partial charge in [-0.2, -0.15) is 13.2 Å². The van der Waals surface area contributed by atoms with Gasteiger partial charge in [-0.3, -0.25) is 25.2 Å². The summed E-state index contributed by atoms with van der Waals surface area (Å²) >= 11 is 0. The molecule has 0 atom stereocenters. The number of carbonyl (C=O) groups is 3. The summed E-state index contributed by atoms with van der Waals surface area (Å²) in [5.74, 6) is -3.83. The number of aliphatic carboxylic acids is 1. The van der Waals surface area contributed by atoms with Crippen LogP contribution in [0.1, 0.15) is 32.1 Å². The van der Waals surface area contributed by atoms with E-state index in [1.54, 1.807) is 5.43 Å². The lowest BCUT2D eigenvalue weighted by Crippen LogP contribution is -2.46. The fourth-order valence-electron chi connectivity index (χ4n) is 2.06. The molecular weight excluding hydrogens is 281 g/mol. The summed E-state index contributed by atoms with van der Waals surface area (Å²) in [4.78, 5) is 33.2. The molecule has 114 valence electrons. The lowest BCUT2D eigenvalue weighted by Gasteiger charge is -2.25. The van der Waals surface area contributed by atoms with Gasteiger partial charge >= 0.3 is 12.1 Å². The molecule has 0 saturated heterocycles. The van der Waals surface area contributed by atoms with Crippen LogP contribution in [0.15, 0.2) is 0 Å². The quantitative estimate of drug-likeness (QED) is 0.676. The van der Waals surface area contributed by atoms with Crippen molar-refractivity contribution in [2.45, 2.75) is 38.3 Å². The van der Waals surface area contributed by atoms with E-state index in [4.69, 9.17) is 5.11 Å². The van der Waals surface area contributed by atoms with Crippen molar-refractivity contribution in [2.24, 2.45) is 11.8 Å². The number of nitrogens with one attached hydrogen (secondary N) is 2. The largest absolute Gasteiger partial charge is 0.481 e. The van der Waals surface area contributed by atoms with Gasteiger partial charge in [-0.1, -0.05) is 0 Å². The van der Waals surface area contributed by atoms with Crippen LogP contribution >= 0.6 is 0 Å². The summed E-state index contributed by atoms with van der Waals surface area (Å²) in [6.45, 7) is 0. The molecule has 1 rings (SSSR count). The van der Waals surface area contributed by atoms with Gasteiger partial charge in [-0.25, -0.2) is 0 Å². The van der Waals surface area contributed by atoms with Crippen molar-refractivity contribution in [3.63, 3.8) is 0 Å². The van der Waals surface area contributed by atoms with E-state index in [-0.39, 0.29) is 0 Å². The molecule has 0 heterocycles. The SMILES string of the molecule is O=C(CC(F)(F)F)NNC(=O)C1CCC(C(=O)O)CC1. The van der Waals surface area contributed by atoms with Gasteiger partial charge in [0.25, 0.3) is 0 Å². The first-order valence-corrected chi connectivity index (χ1v) is 6.07. The van der Waals surface area contributed by atoms with Crippen LogP contribution in [0.5, 0.6) is 0 Å². The molecule has 6 nitrogen and oxygen atoms in total. The summed E-state index contributed by atoms with van der Waals surface area (Å²) < 4.78 is 35.6. The summed E-state index contributed by atoms with van der Waals surface area (Å²) in [5, 5.41) is 8.78. The number of alkyl halides is 3.